The van der Waals surface area contributed by atoms with E-state index >= 15 is 0 Å². The van der Waals surface area contributed by atoms with Crippen LogP contribution in [0.5, 0.6) is 0 Å². The van der Waals surface area contributed by atoms with Crippen molar-refractivity contribution in [3.63, 3.8) is 0 Å². The van der Waals surface area contributed by atoms with Crippen molar-refractivity contribution in [1.29, 1.82) is 0 Å². The quantitative estimate of drug-likeness (QED) is 0.758. The Balaban J connectivity index is 2.73. The Morgan fingerprint density at radius 3 is 2.75 bits per heavy atom. The van der Waals surface area contributed by atoms with E-state index in [9.17, 15) is 9.59 Å². The Labute approximate surface area is 89.8 Å². The Hall–Kier alpha value is -2.18. The summed E-state index contributed by atoms with van der Waals surface area (Å²) in [7, 11) is 0. The normalized spacial score (nSPS) is 11.2. The number of hydrogen-bond donors (Lipinski definition) is 2. The molecule has 16 heavy (non-hydrogen) atoms. The number of nitrogens with zero attached hydrogens (tertiary/aromatic N) is 3. The number of aromatic amines is 1. The lowest BCUT2D eigenvalue weighted by Gasteiger charge is -1.95. The molecule has 0 unspecified atom stereocenters. The summed E-state index contributed by atoms with van der Waals surface area (Å²) in [6, 6.07) is 0.956. The minimum absolute atomic E-state index is 0.0774. The van der Waals surface area contributed by atoms with E-state index in [1.54, 1.807) is 0 Å². The van der Waals surface area contributed by atoms with E-state index in [-0.39, 0.29) is 17.4 Å². The predicted molar refractivity (Wildman–Crippen MR) is 54.7 cm³/mol. The van der Waals surface area contributed by atoms with Gasteiger partial charge in [-0.3, -0.25) is 9.89 Å². The Bertz CT molecular complexity index is 611. The maximum Gasteiger partial charge on any atom is 0.354 e. The van der Waals surface area contributed by atoms with Crippen LogP contribution in [0, 0.1) is 0 Å². The van der Waals surface area contributed by atoms with Gasteiger partial charge in [0.05, 0.1) is 0 Å². The largest absolute Gasteiger partial charge is 0.477 e. The topological polar surface area (TPSA) is 100 Å². The molecule has 2 heterocycles. The standard InChI is InChI=1S/C9H10N4O3/c1-4(2)7-11-9-10-5(8(15)16)3-6(14)13(9)12-7/h3-4H,1-2H3,(H,15,16)(H,10,11,12). The van der Waals surface area contributed by atoms with E-state index in [2.05, 4.69) is 15.1 Å². The first-order valence-electron chi connectivity index (χ1n) is 4.72. The van der Waals surface area contributed by atoms with Gasteiger partial charge in [0.15, 0.2) is 5.69 Å². The monoisotopic (exact) mass is 222 g/mol. The zero-order valence-electron chi connectivity index (χ0n) is 8.76. The summed E-state index contributed by atoms with van der Waals surface area (Å²) in [5, 5.41) is 11.5. The summed E-state index contributed by atoms with van der Waals surface area (Å²) in [6.07, 6.45) is 0. The van der Waals surface area contributed by atoms with Gasteiger partial charge in [-0.2, -0.15) is 9.50 Å². The molecule has 2 aromatic rings. The van der Waals surface area contributed by atoms with Crippen LogP contribution in [-0.4, -0.2) is 30.7 Å². The molecular weight excluding hydrogens is 212 g/mol. The van der Waals surface area contributed by atoms with Crippen LogP contribution in [0.3, 0.4) is 0 Å². The first-order chi connectivity index (χ1) is 7.49. The number of carboxylic acid groups (broad SMARTS) is 1. The SMILES string of the molecule is CC(C)c1nc2nc(C(=O)O)cc(=O)n2[nH]1. The van der Waals surface area contributed by atoms with Gasteiger partial charge >= 0.3 is 5.97 Å². The van der Waals surface area contributed by atoms with Gasteiger partial charge < -0.3 is 5.11 Å². The third-order valence-corrected chi connectivity index (χ3v) is 2.11. The van der Waals surface area contributed by atoms with Crippen molar-refractivity contribution in [3.8, 4) is 0 Å². The van der Waals surface area contributed by atoms with Crippen molar-refractivity contribution < 1.29 is 9.90 Å². The van der Waals surface area contributed by atoms with Crippen molar-refractivity contribution >= 4 is 11.7 Å². The smallest absolute Gasteiger partial charge is 0.354 e. The number of hydrogen-bond acceptors (Lipinski definition) is 4. The van der Waals surface area contributed by atoms with Gasteiger partial charge in [0.2, 0.25) is 0 Å². The molecule has 2 rings (SSSR count). The van der Waals surface area contributed by atoms with E-state index < -0.39 is 11.5 Å². The zero-order chi connectivity index (χ0) is 11.9. The summed E-state index contributed by atoms with van der Waals surface area (Å²) in [4.78, 5) is 30.0. The molecular formula is C9H10N4O3. The van der Waals surface area contributed by atoms with Crippen LogP contribution in [0.2, 0.25) is 0 Å². The van der Waals surface area contributed by atoms with Crippen LogP contribution in [0.15, 0.2) is 10.9 Å². The third-order valence-electron chi connectivity index (χ3n) is 2.11. The number of carbonyl (C=O) groups is 1. The summed E-state index contributed by atoms with van der Waals surface area (Å²) in [5.74, 6) is -0.469. The summed E-state index contributed by atoms with van der Waals surface area (Å²) < 4.78 is 1.13. The van der Waals surface area contributed by atoms with E-state index in [1.807, 2.05) is 13.8 Å². The fourth-order valence-electron chi connectivity index (χ4n) is 1.27. The van der Waals surface area contributed by atoms with Crippen LogP contribution in [0.4, 0.5) is 0 Å². The minimum atomic E-state index is -1.24. The third kappa shape index (κ3) is 1.56. The molecule has 0 bridgehead atoms. The van der Waals surface area contributed by atoms with Gasteiger partial charge in [-0.1, -0.05) is 13.8 Å². The Kier molecular flexibility index (Phi) is 2.22. The number of carboxylic acids is 1. The average molecular weight is 222 g/mol. The van der Waals surface area contributed by atoms with E-state index in [1.165, 1.54) is 0 Å². The number of H-pyrrole nitrogens is 1. The van der Waals surface area contributed by atoms with Gasteiger partial charge in [0.25, 0.3) is 11.3 Å². The predicted octanol–water partition coefficient (Wildman–Crippen LogP) is 0.239. The van der Waals surface area contributed by atoms with Crippen LogP contribution < -0.4 is 5.56 Å². The van der Waals surface area contributed by atoms with Gasteiger partial charge in [-0.15, -0.1) is 0 Å². The molecule has 0 atom stereocenters. The summed E-state index contributed by atoms with van der Waals surface area (Å²) in [6.45, 7) is 3.81. The summed E-state index contributed by atoms with van der Waals surface area (Å²) >= 11 is 0. The van der Waals surface area contributed by atoms with Gasteiger partial charge in [-0.25, -0.2) is 9.78 Å². The van der Waals surface area contributed by atoms with Crippen molar-refractivity contribution in [2.45, 2.75) is 19.8 Å². The van der Waals surface area contributed by atoms with E-state index in [4.69, 9.17) is 5.11 Å². The Morgan fingerprint density at radius 2 is 2.19 bits per heavy atom. The fourth-order valence-corrected chi connectivity index (χ4v) is 1.27. The number of aromatic carboxylic acids is 1. The lowest BCUT2D eigenvalue weighted by Crippen LogP contribution is -2.17. The fraction of sp³-hybridized carbons (Fsp3) is 0.333. The molecule has 0 saturated heterocycles. The molecule has 7 nitrogen and oxygen atoms in total. The maximum absolute atomic E-state index is 11.5. The molecule has 0 amide bonds. The van der Waals surface area contributed by atoms with Crippen LogP contribution in [-0.2, 0) is 0 Å². The van der Waals surface area contributed by atoms with E-state index in [0.717, 1.165) is 10.6 Å². The van der Waals surface area contributed by atoms with Crippen molar-refractivity contribution in [2.24, 2.45) is 0 Å². The maximum atomic E-state index is 11.5. The molecule has 0 radical (unpaired) electrons. The average Bonchev–Trinajstić information content (AvgIpc) is 2.61. The number of nitrogens with one attached hydrogen (secondary N) is 1. The van der Waals surface area contributed by atoms with Gasteiger partial charge in [0.1, 0.15) is 5.82 Å². The molecule has 0 fully saturated rings. The van der Waals surface area contributed by atoms with Gasteiger partial charge in [-0.05, 0) is 0 Å². The lowest BCUT2D eigenvalue weighted by molar-refractivity contribution is 0.0690. The van der Waals surface area contributed by atoms with Crippen molar-refractivity contribution in [3.05, 3.63) is 27.9 Å². The minimum Gasteiger partial charge on any atom is -0.477 e. The highest BCUT2D eigenvalue weighted by Crippen LogP contribution is 2.08. The molecule has 0 saturated carbocycles. The summed E-state index contributed by atoms with van der Waals surface area (Å²) in [5.41, 5.74) is -0.784. The van der Waals surface area contributed by atoms with E-state index in [0.29, 0.717) is 5.82 Å². The molecule has 0 aliphatic rings. The second-order valence-corrected chi connectivity index (χ2v) is 3.68. The molecule has 84 valence electrons. The van der Waals surface area contributed by atoms with Crippen LogP contribution in [0.1, 0.15) is 36.1 Å². The highest BCUT2D eigenvalue weighted by molar-refractivity contribution is 5.85. The lowest BCUT2D eigenvalue weighted by atomic mass is 10.2. The second-order valence-electron chi connectivity index (χ2n) is 3.68. The van der Waals surface area contributed by atoms with Crippen molar-refractivity contribution in [1.82, 2.24) is 19.6 Å². The van der Waals surface area contributed by atoms with Crippen LogP contribution >= 0.6 is 0 Å². The number of fused-ring (bicyclic) bond motifs is 1. The molecule has 2 aromatic heterocycles. The number of rotatable bonds is 2. The highest BCUT2D eigenvalue weighted by Gasteiger charge is 2.13. The molecule has 7 heteroatoms. The highest BCUT2D eigenvalue weighted by atomic mass is 16.4. The van der Waals surface area contributed by atoms with Crippen molar-refractivity contribution in [2.75, 3.05) is 0 Å². The molecule has 0 aromatic carbocycles. The molecule has 0 aliphatic heterocycles. The van der Waals surface area contributed by atoms with Gasteiger partial charge in [0, 0.05) is 12.0 Å². The number of aromatic nitrogens is 4. The molecule has 0 aliphatic carbocycles. The Morgan fingerprint density at radius 1 is 1.50 bits per heavy atom. The zero-order valence-corrected chi connectivity index (χ0v) is 8.76. The first kappa shape index (κ1) is 10.3. The molecule has 2 N–H and O–H groups in total. The second kappa shape index (κ2) is 3.44. The first-order valence-corrected chi connectivity index (χ1v) is 4.72. The molecule has 0 spiro atoms. The van der Waals surface area contributed by atoms with Crippen LogP contribution in [0.25, 0.3) is 5.78 Å².